The van der Waals surface area contributed by atoms with Gasteiger partial charge < -0.3 is 10.5 Å². The number of carbonyl (C=O) groups excluding carboxylic acids is 1. The molecule has 1 amide bonds. The third-order valence-electron chi connectivity index (χ3n) is 1.81. The first kappa shape index (κ1) is 7.30. The topological polar surface area (TPSA) is 70.1 Å². The Morgan fingerprint density at radius 3 is 3.25 bits per heavy atom. The minimum Gasteiger partial charge on any atom is -0.373 e. The van der Waals surface area contributed by atoms with Crippen LogP contribution < -0.4 is 5.73 Å². The second-order valence-electron chi connectivity index (χ2n) is 2.66. The van der Waals surface area contributed by atoms with E-state index in [1.54, 1.807) is 10.7 Å². The number of fused-ring (bicyclic) bond motifs is 1. The number of hydrogen-bond acceptors (Lipinski definition) is 3. The largest absolute Gasteiger partial charge is 0.373 e. The number of nitrogens with two attached hydrogens (primary N) is 1. The van der Waals surface area contributed by atoms with Gasteiger partial charge in [0.2, 0.25) is 0 Å². The Balaban J connectivity index is 2.38. The SMILES string of the molecule is NC(=O)c1cc2n(n1)CCOC2. The predicted molar refractivity (Wildman–Crippen MR) is 40.4 cm³/mol. The van der Waals surface area contributed by atoms with E-state index in [1.807, 2.05) is 0 Å². The third kappa shape index (κ3) is 1.08. The van der Waals surface area contributed by atoms with Crippen molar-refractivity contribution in [1.82, 2.24) is 9.78 Å². The number of rotatable bonds is 1. The summed E-state index contributed by atoms with van der Waals surface area (Å²) in [6.07, 6.45) is 0. The molecule has 2 heterocycles. The van der Waals surface area contributed by atoms with Crippen molar-refractivity contribution in [2.75, 3.05) is 6.61 Å². The Kier molecular flexibility index (Phi) is 1.58. The molecule has 0 atom stereocenters. The van der Waals surface area contributed by atoms with Gasteiger partial charge in [0.15, 0.2) is 0 Å². The van der Waals surface area contributed by atoms with E-state index in [4.69, 9.17) is 10.5 Å². The van der Waals surface area contributed by atoms with E-state index in [0.717, 1.165) is 5.69 Å². The van der Waals surface area contributed by atoms with Gasteiger partial charge in [-0.3, -0.25) is 9.48 Å². The Morgan fingerprint density at radius 1 is 1.75 bits per heavy atom. The first-order valence-electron chi connectivity index (χ1n) is 3.71. The van der Waals surface area contributed by atoms with E-state index < -0.39 is 5.91 Å². The van der Waals surface area contributed by atoms with Gasteiger partial charge in [-0.25, -0.2) is 0 Å². The molecular weight excluding hydrogens is 158 g/mol. The fraction of sp³-hybridized carbons (Fsp3) is 0.429. The monoisotopic (exact) mass is 167 g/mol. The zero-order valence-corrected chi connectivity index (χ0v) is 6.49. The summed E-state index contributed by atoms with van der Waals surface area (Å²) in [6, 6.07) is 1.67. The summed E-state index contributed by atoms with van der Waals surface area (Å²) in [6.45, 7) is 1.86. The van der Waals surface area contributed by atoms with Crippen molar-refractivity contribution in [3.63, 3.8) is 0 Å². The lowest BCUT2D eigenvalue weighted by atomic mass is 10.3. The van der Waals surface area contributed by atoms with Crippen molar-refractivity contribution in [1.29, 1.82) is 0 Å². The highest BCUT2D eigenvalue weighted by molar-refractivity contribution is 5.90. The number of nitrogens with zero attached hydrogens (tertiary/aromatic N) is 2. The van der Waals surface area contributed by atoms with Crippen molar-refractivity contribution in [3.05, 3.63) is 17.5 Å². The molecule has 0 unspecified atom stereocenters. The van der Waals surface area contributed by atoms with Crippen molar-refractivity contribution in [3.8, 4) is 0 Å². The van der Waals surface area contributed by atoms with E-state index in [1.165, 1.54) is 0 Å². The molecule has 0 bridgehead atoms. The van der Waals surface area contributed by atoms with Gasteiger partial charge in [0, 0.05) is 0 Å². The van der Waals surface area contributed by atoms with E-state index in [-0.39, 0.29) is 0 Å². The molecule has 2 rings (SSSR count). The van der Waals surface area contributed by atoms with Crippen molar-refractivity contribution in [2.45, 2.75) is 13.2 Å². The second kappa shape index (κ2) is 2.60. The maximum absolute atomic E-state index is 10.7. The van der Waals surface area contributed by atoms with Crippen LogP contribution in [0, 0.1) is 0 Å². The standard InChI is InChI=1S/C7H9N3O2/c8-7(11)6-3-5-4-12-2-1-10(5)9-6/h3H,1-2,4H2,(H2,8,11). The number of aromatic nitrogens is 2. The molecular formula is C7H9N3O2. The lowest BCUT2D eigenvalue weighted by Gasteiger charge is -2.12. The molecule has 12 heavy (non-hydrogen) atoms. The first-order chi connectivity index (χ1) is 5.77. The van der Waals surface area contributed by atoms with Gasteiger partial charge in [0.05, 0.1) is 25.5 Å². The molecule has 0 saturated carbocycles. The number of primary amides is 1. The Bertz CT molecular complexity index is 295. The van der Waals surface area contributed by atoms with Crippen molar-refractivity contribution >= 4 is 5.91 Å². The molecule has 1 aromatic rings. The van der Waals surface area contributed by atoms with E-state index in [9.17, 15) is 4.79 Å². The highest BCUT2D eigenvalue weighted by Crippen LogP contribution is 2.09. The molecule has 1 aliphatic heterocycles. The molecule has 0 aromatic carbocycles. The first-order valence-corrected chi connectivity index (χ1v) is 3.71. The predicted octanol–water partition coefficient (Wildman–Crippen LogP) is -0.488. The summed E-state index contributed by atoms with van der Waals surface area (Å²) < 4.78 is 6.93. The van der Waals surface area contributed by atoms with Gasteiger partial charge in [-0.2, -0.15) is 5.10 Å². The molecule has 0 aliphatic carbocycles. The summed E-state index contributed by atoms with van der Waals surface area (Å²) in [4.78, 5) is 10.7. The summed E-state index contributed by atoms with van der Waals surface area (Å²) in [5, 5.41) is 4.01. The van der Waals surface area contributed by atoms with Crippen LogP contribution in [0.4, 0.5) is 0 Å². The van der Waals surface area contributed by atoms with E-state index in [2.05, 4.69) is 5.10 Å². The maximum atomic E-state index is 10.7. The van der Waals surface area contributed by atoms with Crippen molar-refractivity contribution in [2.24, 2.45) is 5.73 Å². The fourth-order valence-electron chi connectivity index (χ4n) is 1.21. The number of hydrogen-bond donors (Lipinski definition) is 1. The van der Waals surface area contributed by atoms with Gasteiger partial charge >= 0.3 is 0 Å². The molecule has 5 nitrogen and oxygen atoms in total. The molecule has 1 aromatic heterocycles. The lowest BCUT2D eigenvalue weighted by Crippen LogP contribution is -2.17. The van der Waals surface area contributed by atoms with Gasteiger partial charge in [0.25, 0.3) is 5.91 Å². The second-order valence-corrected chi connectivity index (χ2v) is 2.66. The van der Waals surface area contributed by atoms with Crippen LogP contribution in [0.15, 0.2) is 6.07 Å². The number of carbonyl (C=O) groups is 1. The molecule has 5 heteroatoms. The summed E-state index contributed by atoms with van der Waals surface area (Å²) >= 11 is 0. The maximum Gasteiger partial charge on any atom is 0.269 e. The molecule has 1 aliphatic rings. The molecule has 0 fully saturated rings. The lowest BCUT2D eigenvalue weighted by molar-refractivity contribution is 0.0798. The van der Waals surface area contributed by atoms with E-state index >= 15 is 0 Å². The average molecular weight is 167 g/mol. The molecule has 0 saturated heterocycles. The summed E-state index contributed by atoms with van der Waals surface area (Å²) in [7, 11) is 0. The average Bonchev–Trinajstić information content (AvgIpc) is 2.46. The van der Waals surface area contributed by atoms with Crippen LogP contribution in [-0.4, -0.2) is 22.3 Å². The quantitative estimate of drug-likeness (QED) is 0.613. The highest BCUT2D eigenvalue weighted by atomic mass is 16.5. The summed E-state index contributed by atoms with van der Waals surface area (Å²) in [5.41, 5.74) is 6.30. The van der Waals surface area contributed by atoms with Gasteiger partial charge in [-0.1, -0.05) is 0 Å². The van der Waals surface area contributed by atoms with Gasteiger partial charge in [-0.05, 0) is 6.07 Å². The van der Waals surface area contributed by atoms with Crippen LogP contribution in [0.3, 0.4) is 0 Å². The zero-order chi connectivity index (χ0) is 8.55. The summed E-state index contributed by atoms with van der Waals surface area (Å²) in [5.74, 6) is -0.489. The molecule has 2 N–H and O–H groups in total. The Morgan fingerprint density at radius 2 is 2.58 bits per heavy atom. The minimum absolute atomic E-state index is 0.315. The number of amides is 1. The van der Waals surface area contributed by atoms with Gasteiger partial charge in [0.1, 0.15) is 5.69 Å². The molecule has 0 spiro atoms. The van der Waals surface area contributed by atoms with Crippen LogP contribution >= 0.6 is 0 Å². The van der Waals surface area contributed by atoms with Crippen LogP contribution in [-0.2, 0) is 17.9 Å². The zero-order valence-electron chi connectivity index (χ0n) is 6.49. The molecule has 64 valence electrons. The van der Waals surface area contributed by atoms with Crippen LogP contribution in [0.25, 0.3) is 0 Å². The molecule has 0 radical (unpaired) electrons. The van der Waals surface area contributed by atoms with Crippen LogP contribution in [0.1, 0.15) is 16.2 Å². The normalized spacial score (nSPS) is 15.7. The smallest absolute Gasteiger partial charge is 0.269 e. The van der Waals surface area contributed by atoms with Gasteiger partial charge in [-0.15, -0.1) is 0 Å². The highest BCUT2D eigenvalue weighted by Gasteiger charge is 2.14. The fourth-order valence-corrected chi connectivity index (χ4v) is 1.21. The Labute approximate surface area is 69.1 Å². The minimum atomic E-state index is -0.489. The van der Waals surface area contributed by atoms with Crippen molar-refractivity contribution < 1.29 is 9.53 Å². The van der Waals surface area contributed by atoms with Crippen LogP contribution in [0.5, 0.6) is 0 Å². The third-order valence-corrected chi connectivity index (χ3v) is 1.81. The number of ether oxygens (including phenoxy) is 1. The van der Waals surface area contributed by atoms with Crippen LogP contribution in [0.2, 0.25) is 0 Å². The van der Waals surface area contributed by atoms with E-state index in [0.29, 0.717) is 25.5 Å². The Hall–Kier alpha value is -1.36.